The van der Waals surface area contributed by atoms with E-state index < -0.39 is 0 Å². The maximum atomic E-state index is 2.70. The lowest BCUT2D eigenvalue weighted by atomic mass is 9.61. The molecule has 4 atom stereocenters. The second kappa shape index (κ2) is 13.9. The lowest BCUT2D eigenvalue weighted by Crippen LogP contribution is -2.54. The van der Waals surface area contributed by atoms with E-state index in [1.807, 2.05) is 0 Å². The monoisotopic (exact) mass is 814 g/mol. The highest BCUT2D eigenvalue weighted by atomic mass is 15.3. The van der Waals surface area contributed by atoms with E-state index in [2.05, 4.69) is 209 Å². The molecule has 11 rings (SSSR count). The fourth-order valence-corrected chi connectivity index (χ4v) is 13.1. The SMILES string of the molecule is CN(C)c1ccc(N2c3ccc(-c4c5ccccc5c(-c5ccc6c(c5)C5(C)CCCCC5(C)N6c5ccc(N(C)C)cc5)c5ccccc45)cc3C3(C)CCCCC23C)cc1. The molecule has 314 valence electrons. The molecule has 62 heavy (non-hydrogen) atoms. The number of rotatable bonds is 6. The van der Waals surface area contributed by atoms with Crippen LogP contribution in [0.4, 0.5) is 34.1 Å². The van der Waals surface area contributed by atoms with Crippen LogP contribution in [0.1, 0.15) is 90.2 Å². The zero-order chi connectivity index (χ0) is 42.8. The largest absolute Gasteiger partial charge is 0.378 e. The molecule has 4 unspecified atom stereocenters. The van der Waals surface area contributed by atoms with Crippen molar-refractivity contribution in [3.63, 3.8) is 0 Å². The fourth-order valence-electron chi connectivity index (χ4n) is 13.1. The summed E-state index contributed by atoms with van der Waals surface area (Å²) in [4.78, 5) is 9.79. The number of anilines is 6. The van der Waals surface area contributed by atoms with Gasteiger partial charge in [0.05, 0.1) is 11.1 Å². The first-order chi connectivity index (χ1) is 29.9. The molecular weight excluding hydrogens is 753 g/mol. The molecule has 2 aliphatic heterocycles. The zero-order valence-electron chi connectivity index (χ0n) is 38.1. The van der Waals surface area contributed by atoms with Crippen molar-refractivity contribution in [3.05, 3.63) is 145 Å². The van der Waals surface area contributed by atoms with Gasteiger partial charge >= 0.3 is 0 Å². The van der Waals surface area contributed by atoms with E-state index in [1.165, 1.54) is 140 Å². The van der Waals surface area contributed by atoms with E-state index in [4.69, 9.17) is 0 Å². The molecule has 0 saturated heterocycles. The average Bonchev–Trinajstić information content (AvgIpc) is 3.62. The summed E-state index contributed by atoms with van der Waals surface area (Å²) in [6.45, 7) is 10.2. The average molecular weight is 815 g/mol. The minimum Gasteiger partial charge on any atom is -0.378 e. The number of fused-ring (bicyclic) bond motifs is 8. The molecule has 4 heteroatoms. The minimum atomic E-state index is -0.0102. The van der Waals surface area contributed by atoms with Crippen molar-refractivity contribution in [2.75, 3.05) is 47.8 Å². The molecule has 2 saturated carbocycles. The van der Waals surface area contributed by atoms with Crippen molar-refractivity contribution in [2.24, 2.45) is 0 Å². The van der Waals surface area contributed by atoms with Crippen molar-refractivity contribution in [1.29, 1.82) is 0 Å². The highest BCUT2D eigenvalue weighted by Crippen LogP contribution is 2.63. The molecule has 0 N–H and O–H groups in total. The molecule has 2 heterocycles. The summed E-state index contributed by atoms with van der Waals surface area (Å²) in [6.07, 6.45) is 9.82. The van der Waals surface area contributed by atoms with Gasteiger partial charge in [-0.05, 0) is 167 Å². The molecule has 2 aliphatic carbocycles. The van der Waals surface area contributed by atoms with Gasteiger partial charge < -0.3 is 19.6 Å². The van der Waals surface area contributed by atoms with Crippen LogP contribution in [0.5, 0.6) is 0 Å². The quantitative estimate of drug-likeness (QED) is 0.155. The van der Waals surface area contributed by atoms with E-state index in [9.17, 15) is 0 Å². The molecular formula is C58H62N4. The summed E-state index contributed by atoms with van der Waals surface area (Å²) >= 11 is 0. The first-order valence-corrected chi connectivity index (χ1v) is 23.3. The number of hydrogen-bond donors (Lipinski definition) is 0. The van der Waals surface area contributed by atoms with Gasteiger partial charge in [-0.1, -0.05) is 100 Å². The first-order valence-electron chi connectivity index (χ1n) is 23.3. The summed E-state index contributed by atoms with van der Waals surface area (Å²) < 4.78 is 0. The Morgan fingerprint density at radius 2 is 0.742 bits per heavy atom. The maximum absolute atomic E-state index is 2.70. The second-order valence-electron chi connectivity index (χ2n) is 20.4. The Labute approximate surface area is 369 Å². The molecule has 0 aromatic heterocycles. The predicted octanol–water partition coefficient (Wildman–Crippen LogP) is 14.9. The Balaban J connectivity index is 1.09. The smallest absolute Gasteiger partial charge is 0.0517 e. The zero-order valence-corrected chi connectivity index (χ0v) is 38.1. The van der Waals surface area contributed by atoms with Crippen LogP contribution >= 0.6 is 0 Å². The highest BCUT2D eigenvalue weighted by molar-refractivity contribution is 6.21. The summed E-state index contributed by atoms with van der Waals surface area (Å²) in [5.74, 6) is 0. The molecule has 0 radical (unpaired) electrons. The van der Waals surface area contributed by atoms with E-state index >= 15 is 0 Å². The maximum Gasteiger partial charge on any atom is 0.0517 e. The second-order valence-corrected chi connectivity index (χ2v) is 20.4. The van der Waals surface area contributed by atoms with E-state index in [0.29, 0.717) is 0 Å². The topological polar surface area (TPSA) is 13.0 Å². The summed E-state index contributed by atoms with van der Waals surface area (Å²) in [5.41, 5.74) is 16.1. The van der Waals surface area contributed by atoms with Gasteiger partial charge in [0.2, 0.25) is 0 Å². The highest BCUT2D eigenvalue weighted by Gasteiger charge is 2.59. The van der Waals surface area contributed by atoms with E-state index in [0.717, 1.165) is 0 Å². The first kappa shape index (κ1) is 39.1. The lowest BCUT2D eigenvalue weighted by molar-refractivity contribution is 0.195. The van der Waals surface area contributed by atoms with Crippen LogP contribution in [0.2, 0.25) is 0 Å². The van der Waals surface area contributed by atoms with Gasteiger partial charge in [0.25, 0.3) is 0 Å². The predicted molar refractivity (Wildman–Crippen MR) is 267 cm³/mol. The third-order valence-corrected chi connectivity index (χ3v) is 17.0. The summed E-state index contributed by atoms with van der Waals surface area (Å²) in [6, 6.07) is 51.9. The van der Waals surface area contributed by atoms with Crippen LogP contribution in [0.25, 0.3) is 43.8 Å². The lowest BCUT2D eigenvalue weighted by Gasteiger charge is -2.50. The van der Waals surface area contributed by atoms with Gasteiger partial charge in [-0.2, -0.15) is 0 Å². The van der Waals surface area contributed by atoms with Crippen molar-refractivity contribution in [1.82, 2.24) is 0 Å². The molecule has 7 aromatic carbocycles. The fraction of sp³-hybridized carbons (Fsp3) is 0.345. The van der Waals surface area contributed by atoms with Crippen LogP contribution in [0, 0.1) is 0 Å². The van der Waals surface area contributed by atoms with Crippen molar-refractivity contribution >= 4 is 55.7 Å². The van der Waals surface area contributed by atoms with Gasteiger partial charge in [0, 0.05) is 73.1 Å². The third-order valence-electron chi connectivity index (χ3n) is 17.0. The van der Waals surface area contributed by atoms with E-state index in [1.54, 1.807) is 0 Å². The van der Waals surface area contributed by atoms with Gasteiger partial charge in [-0.25, -0.2) is 0 Å². The summed E-state index contributed by atoms with van der Waals surface area (Å²) in [7, 11) is 8.50. The van der Waals surface area contributed by atoms with E-state index in [-0.39, 0.29) is 21.9 Å². The normalized spacial score (nSPS) is 25.1. The Morgan fingerprint density at radius 1 is 0.403 bits per heavy atom. The van der Waals surface area contributed by atoms with Gasteiger partial charge in [-0.15, -0.1) is 0 Å². The molecule has 0 amide bonds. The number of benzene rings is 7. The van der Waals surface area contributed by atoms with Gasteiger partial charge in [-0.3, -0.25) is 0 Å². The van der Waals surface area contributed by atoms with Crippen molar-refractivity contribution < 1.29 is 0 Å². The molecule has 4 nitrogen and oxygen atoms in total. The molecule has 0 spiro atoms. The molecule has 2 fully saturated rings. The van der Waals surface area contributed by atoms with Crippen LogP contribution in [-0.4, -0.2) is 39.3 Å². The van der Waals surface area contributed by atoms with Crippen LogP contribution in [0.15, 0.2) is 133 Å². The Hall–Kier alpha value is -5.74. The number of hydrogen-bond acceptors (Lipinski definition) is 4. The van der Waals surface area contributed by atoms with Crippen molar-refractivity contribution in [3.8, 4) is 22.3 Å². The van der Waals surface area contributed by atoms with Crippen LogP contribution in [-0.2, 0) is 10.8 Å². The Bertz CT molecular complexity index is 2640. The van der Waals surface area contributed by atoms with Crippen LogP contribution < -0.4 is 19.6 Å². The molecule has 7 aromatic rings. The van der Waals surface area contributed by atoms with Crippen molar-refractivity contribution in [2.45, 2.75) is 101 Å². The van der Waals surface area contributed by atoms with Crippen LogP contribution in [0.3, 0.4) is 0 Å². The number of nitrogens with zero attached hydrogens (tertiary/aromatic N) is 4. The molecule has 4 aliphatic rings. The molecule has 0 bridgehead atoms. The minimum absolute atomic E-state index is 0.0102. The third kappa shape index (κ3) is 5.31. The standard InChI is InChI=1S/C58H62N4/c1-55-33-13-15-35-57(55,3)61(43-27-23-41(24-28-43)59(5)6)51-31-21-39(37-49(51)55)53-45-17-9-11-19-47(45)54(48-20-12-10-18-46(48)53)40-22-32-52-50(38-40)56(2)34-14-16-36-58(56,4)62(52)44-29-25-42(26-30-44)60(7)8/h9-12,17-32,37-38H,13-16,33-36H2,1-8H3. The Morgan fingerprint density at radius 3 is 1.08 bits per heavy atom. The van der Waals surface area contributed by atoms with Gasteiger partial charge in [0.1, 0.15) is 0 Å². The Kier molecular flexibility index (Phi) is 8.76. The summed E-state index contributed by atoms with van der Waals surface area (Å²) in [5, 5.41) is 5.29. The van der Waals surface area contributed by atoms with Gasteiger partial charge in [0.15, 0.2) is 0 Å².